The van der Waals surface area contributed by atoms with Crippen molar-refractivity contribution >= 4 is 23.3 Å². The van der Waals surface area contributed by atoms with Gasteiger partial charge in [-0.3, -0.25) is 4.98 Å². The summed E-state index contributed by atoms with van der Waals surface area (Å²) in [5.74, 6) is -3.34. The van der Waals surface area contributed by atoms with Crippen molar-refractivity contribution in [1.29, 1.82) is 0 Å². The minimum Gasteiger partial charge on any atom is -0.390 e. The van der Waals surface area contributed by atoms with Crippen LogP contribution in [0.2, 0.25) is 0 Å². The number of para-hydroxylation sites is 1. The van der Waals surface area contributed by atoms with E-state index in [2.05, 4.69) is 4.98 Å². The van der Waals surface area contributed by atoms with E-state index in [9.17, 15) is 8.78 Å². The van der Waals surface area contributed by atoms with Crippen molar-refractivity contribution < 1.29 is 13.9 Å². The molecule has 0 bridgehead atoms. The molecule has 0 aliphatic heterocycles. The van der Waals surface area contributed by atoms with E-state index in [-0.39, 0.29) is 18.0 Å². The molecule has 2 rings (SSSR count). The van der Waals surface area contributed by atoms with Gasteiger partial charge in [0.2, 0.25) is 0 Å². The number of halogens is 3. The van der Waals surface area contributed by atoms with Crippen molar-refractivity contribution in [2.45, 2.75) is 12.0 Å². The Labute approximate surface area is 109 Å². The number of hydrogen-bond donors (Lipinski definition) is 2. The van der Waals surface area contributed by atoms with Crippen molar-refractivity contribution in [2.24, 2.45) is 5.73 Å². The van der Waals surface area contributed by atoms with Gasteiger partial charge in [-0.05, 0) is 17.7 Å². The van der Waals surface area contributed by atoms with Crippen molar-refractivity contribution in [2.75, 3.05) is 6.61 Å². The summed E-state index contributed by atoms with van der Waals surface area (Å²) in [6, 6.07) is 6.83. The van der Waals surface area contributed by atoms with Crippen LogP contribution in [0.25, 0.3) is 10.9 Å². The number of rotatable bonds is 3. The molecule has 0 aliphatic rings. The lowest BCUT2D eigenvalue weighted by Crippen LogP contribution is -2.36. The Morgan fingerprint density at radius 1 is 1.28 bits per heavy atom. The first-order valence-electron chi connectivity index (χ1n) is 5.14. The van der Waals surface area contributed by atoms with Crippen LogP contribution < -0.4 is 5.73 Å². The van der Waals surface area contributed by atoms with Gasteiger partial charge in [0.05, 0.1) is 11.6 Å². The lowest BCUT2D eigenvalue weighted by molar-refractivity contribution is -0.0708. The topological polar surface area (TPSA) is 59.1 Å². The summed E-state index contributed by atoms with van der Waals surface area (Å²) in [5.41, 5.74) is 6.40. The van der Waals surface area contributed by atoms with E-state index in [1.54, 1.807) is 24.3 Å². The van der Waals surface area contributed by atoms with Gasteiger partial charge in [-0.2, -0.15) is 0 Å². The van der Waals surface area contributed by atoms with E-state index < -0.39 is 18.6 Å². The van der Waals surface area contributed by atoms with E-state index >= 15 is 0 Å². The molecule has 98 valence electrons. The number of hydrogen-bond acceptors (Lipinski definition) is 3. The Hall–Kier alpha value is -1.30. The van der Waals surface area contributed by atoms with Crippen LogP contribution in [0.3, 0.4) is 0 Å². The molecule has 1 atom stereocenters. The molecule has 2 aromatic rings. The summed E-state index contributed by atoms with van der Waals surface area (Å²) in [7, 11) is 0. The van der Waals surface area contributed by atoms with Gasteiger partial charge in [0.25, 0.3) is 5.92 Å². The van der Waals surface area contributed by atoms with Gasteiger partial charge < -0.3 is 10.8 Å². The first-order valence-corrected chi connectivity index (χ1v) is 5.14. The maximum absolute atomic E-state index is 13.4. The number of fused-ring (bicyclic) bond motifs is 1. The molecule has 0 fully saturated rings. The van der Waals surface area contributed by atoms with Gasteiger partial charge in [0, 0.05) is 11.6 Å². The highest BCUT2D eigenvalue weighted by Gasteiger charge is 2.38. The zero-order valence-electron chi connectivity index (χ0n) is 9.38. The molecule has 0 saturated carbocycles. The van der Waals surface area contributed by atoms with E-state index in [0.717, 1.165) is 0 Å². The molecule has 1 aromatic heterocycles. The predicted molar refractivity (Wildman–Crippen MR) is 68.0 cm³/mol. The molecule has 0 radical (unpaired) electrons. The van der Waals surface area contributed by atoms with E-state index in [0.29, 0.717) is 10.9 Å². The number of nitrogens with zero attached hydrogens (tertiary/aromatic N) is 1. The summed E-state index contributed by atoms with van der Waals surface area (Å²) in [6.45, 7) is -1.27. The molecule has 0 aliphatic carbocycles. The molecule has 3 nitrogen and oxygen atoms in total. The third-order valence-corrected chi connectivity index (χ3v) is 2.68. The average Bonchev–Trinajstić information content (AvgIpc) is 2.37. The molecule has 0 unspecified atom stereocenters. The van der Waals surface area contributed by atoms with Crippen LogP contribution in [0.15, 0.2) is 36.5 Å². The van der Waals surface area contributed by atoms with Crippen LogP contribution in [0, 0.1) is 0 Å². The molecule has 0 saturated heterocycles. The van der Waals surface area contributed by atoms with Gasteiger partial charge in [0.15, 0.2) is 0 Å². The highest BCUT2D eigenvalue weighted by molar-refractivity contribution is 5.85. The van der Waals surface area contributed by atoms with E-state index in [1.165, 1.54) is 12.3 Å². The normalized spacial score (nSPS) is 13.1. The molecule has 3 N–H and O–H groups in total. The molecule has 18 heavy (non-hydrogen) atoms. The Kier molecular flexibility index (Phi) is 4.56. The van der Waals surface area contributed by atoms with Crippen LogP contribution in [0.1, 0.15) is 11.6 Å². The van der Waals surface area contributed by atoms with Gasteiger partial charge >= 0.3 is 0 Å². The summed E-state index contributed by atoms with van der Waals surface area (Å²) in [5, 5.41) is 9.23. The van der Waals surface area contributed by atoms with E-state index in [4.69, 9.17) is 10.8 Å². The van der Waals surface area contributed by atoms with Gasteiger partial charge in [-0.15, -0.1) is 12.4 Å². The van der Waals surface area contributed by atoms with Crippen LogP contribution in [-0.2, 0) is 0 Å². The minimum atomic E-state index is -3.34. The summed E-state index contributed by atoms with van der Waals surface area (Å²) < 4.78 is 26.7. The quantitative estimate of drug-likeness (QED) is 0.903. The fourth-order valence-electron chi connectivity index (χ4n) is 1.72. The molecular formula is C12H13ClF2N2O. The van der Waals surface area contributed by atoms with Crippen molar-refractivity contribution in [1.82, 2.24) is 4.98 Å². The predicted octanol–water partition coefficient (Wildman–Crippen LogP) is 2.28. The fraction of sp³-hybridized carbons (Fsp3) is 0.250. The number of alkyl halides is 2. The molecular weight excluding hydrogens is 262 g/mol. The van der Waals surface area contributed by atoms with Gasteiger partial charge in [-0.25, -0.2) is 8.78 Å². The number of aromatic nitrogens is 1. The maximum atomic E-state index is 13.4. The lowest BCUT2D eigenvalue weighted by atomic mass is 9.98. The maximum Gasteiger partial charge on any atom is 0.289 e. The van der Waals surface area contributed by atoms with Crippen molar-refractivity contribution in [3.8, 4) is 0 Å². The highest BCUT2D eigenvalue weighted by atomic mass is 35.5. The number of nitrogens with two attached hydrogens (primary N) is 1. The number of aliphatic hydroxyl groups excluding tert-OH is 1. The van der Waals surface area contributed by atoms with Crippen LogP contribution in [-0.4, -0.2) is 22.6 Å². The SMILES string of the molecule is Cl.N[C@@H](c1ccnc2ccccc12)C(F)(F)CO. The molecule has 0 amide bonds. The Morgan fingerprint density at radius 2 is 1.94 bits per heavy atom. The van der Waals surface area contributed by atoms with Crippen molar-refractivity contribution in [3.05, 3.63) is 42.1 Å². The Morgan fingerprint density at radius 3 is 2.61 bits per heavy atom. The zero-order valence-corrected chi connectivity index (χ0v) is 10.2. The highest BCUT2D eigenvalue weighted by Crippen LogP contribution is 2.32. The van der Waals surface area contributed by atoms with E-state index in [1.807, 2.05) is 0 Å². The lowest BCUT2D eigenvalue weighted by Gasteiger charge is -2.22. The molecule has 1 heterocycles. The average molecular weight is 275 g/mol. The standard InChI is InChI=1S/C12H12F2N2O.ClH/c13-12(14,7-17)11(15)9-5-6-16-10-4-2-1-3-8(9)10;/h1-6,11,17H,7,15H2;1H/t11-;/m0./s1. The largest absolute Gasteiger partial charge is 0.390 e. The van der Waals surface area contributed by atoms with Crippen molar-refractivity contribution in [3.63, 3.8) is 0 Å². The Bertz CT molecular complexity index is 531. The molecule has 6 heteroatoms. The summed E-state index contributed by atoms with van der Waals surface area (Å²) in [4.78, 5) is 4.07. The first-order chi connectivity index (χ1) is 8.06. The second-order valence-corrected chi connectivity index (χ2v) is 3.81. The summed E-state index contributed by atoms with van der Waals surface area (Å²) >= 11 is 0. The fourth-order valence-corrected chi connectivity index (χ4v) is 1.72. The summed E-state index contributed by atoms with van der Waals surface area (Å²) in [6.07, 6.45) is 1.44. The van der Waals surface area contributed by atoms with Crippen LogP contribution >= 0.6 is 12.4 Å². The van der Waals surface area contributed by atoms with Crippen LogP contribution in [0.5, 0.6) is 0 Å². The van der Waals surface area contributed by atoms with Gasteiger partial charge in [-0.1, -0.05) is 18.2 Å². The van der Waals surface area contributed by atoms with Crippen LogP contribution in [0.4, 0.5) is 8.78 Å². The van der Waals surface area contributed by atoms with Gasteiger partial charge in [0.1, 0.15) is 6.61 Å². The third-order valence-electron chi connectivity index (χ3n) is 2.68. The molecule has 1 aromatic carbocycles. The number of benzene rings is 1. The number of aliphatic hydroxyl groups is 1. The monoisotopic (exact) mass is 274 g/mol. The smallest absolute Gasteiger partial charge is 0.289 e. The second-order valence-electron chi connectivity index (χ2n) is 3.81. The number of pyridine rings is 1. The molecule has 0 spiro atoms. The zero-order chi connectivity index (χ0) is 12.5. The second kappa shape index (κ2) is 5.56. The third kappa shape index (κ3) is 2.58. The minimum absolute atomic E-state index is 0. The first kappa shape index (κ1) is 14.8. The Balaban J connectivity index is 0.00000162.